The summed E-state index contributed by atoms with van der Waals surface area (Å²) in [7, 11) is 1.73. The largest absolute Gasteiger partial charge is 0.496 e. The predicted octanol–water partition coefficient (Wildman–Crippen LogP) is 2.07. The van der Waals surface area contributed by atoms with Crippen LogP contribution in [-0.4, -0.2) is 13.7 Å². The minimum Gasteiger partial charge on any atom is -0.496 e. The minimum absolute atomic E-state index is 0.495. The average molecular weight is 191 g/mol. The highest BCUT2D eigenvalue weighted by Crippen LogP contribution is 2.37. The number of fused-ring (bicyclic) bond motifs is 1. The number of hydrogen-bond donors (Lipinski definition) is 1. The maximum atomic E-state index is 5.79. The number of methoxy groups -OCH3 is 1. The van der Waals surface area contributed by atoms with Crippen molar-refractivity contribution in [3.63, 3.8) is 0 Å². The lowest BCUT2D eigenvalue weighted by atomic mass is 9.82. The molecule has 0 amide bonds. The Balaban J connectivity index is 2.46. The quantitative estimate of drug-likeness (QED) is 0.776. The summed E-state index contributed by atoms with van der Waals surface area (Å²) < 4.78 is 5.39. The van der Waals surface area contributed by atoms with Gasteiger partial charge in [-0.2, -0.15) is 0 Å². The van der Waals surface area contributed by atoms with Gasteiger partial charge in [-0.1, -0.05) is 12.1 Å². The Hall–Kier alpha value is -1.02. The van der Waals surface area contributed by atoms with Crippen LogP contribution in [0.2, 0.25) is 0 Å². The molecule has 2 nitrogen and oxygen atoms in total. The lowest BCUT2D eigenvalue weighted by Crippen LogP contribution is -2.19. The molecule has 0 radical (unpaired) electrons. The first-order chi connectivity index (χ1) is 6.86. The summed E-state index contributed by atoms with van der Waals surface area (Å²) in [6, 6.07) is 6.29. The van der Waals surface area contributed by atoms with Gasteiger partial charge in [-0.15, -0.1) is 0 Å². The molecule has 0 fully saturated rings. The van der Waals surface area contributed by atoms with Gasteiger partial charge in [-0.25, -0.2) is 0 Å². The van der Waals surface area contributed by atoms with Crippen LogP contribution in [0.15, 0.2) is 18.2 Å². The van der Waals surface area contributed by atoms with E-state index in [0.717, 1.165) is 12.3 Å². The maximum absolute atomic E-state index is 5.79. The van der Waals surface area contributed by atoms with Crippen LogP contribution in [0.4, 0.5) is 0 Å². The Labute approximate surface area is 85.1 Å². The van der Waals surface area contributed by atoms with Crippen LogP contribution in [0.25, 0.3) is 0 Å². The molecule has 1 aromatic rings. The third kappa shape index (κ3) is 1.50. The maximum Gasteiger partial charge on any atom is 0.122 e. The molecule has 0 spiro atoms. The van der Waals surface area contributed by atoms with E-state index >= 15 is 0 Å². The summed E-state index contributed by atoms with van der Waals surface area (Å²) >= 11 is 0. The fourth-order valence-corrected chi connectivity index (χ4v) is 2.37. The van der Waals surface area contributed by atoms with Crippen molar-refractivity contribution in [3.8, 4) is 5.75 Å². The van der Waals surface area contributed by atoms with Gasteiger partial charge in [0, 0.05) is 11.5 Å². The zero-order chi connectivity index (χ0) is 9.97. The van der Waals surface area contributed by atoms with Crippen molar-refractivity contribution >= 4 is 0 Å². The Kier molecular flexibility index (Phi) is 2.73. The van der Waals surface area contributed by atoms with Gasteiger partial charge in [0.1, 0.15) is 5.75 Å². The first-order valence-electron chi connectivity index (χ1n) is 5.22. The standard InChI is InChI=1S/C12H17NO/c1-14-11-7-3-5-9-4-2-6-10(8-13)12(9)11/h3,5,7,10H,2,4,6,8,13H2,1H3. The van der Waals surface area contributed by atoms with E-state index in [1.807, 2.05) is 6.07 Å². The van der Waals surface area contributed by atoms with E-state index in [2.05, 4.69) is 12.1 Å². The second-order valence-electron chi connectivity index (χ2n) is 3.86. The monoisotopic (exact) mass is 191 g/mol. The van der Waals surface area contributed by atoms with E-state index in [1.165, 1.54) is 30.4 Å². The fraction of sp³-hybridized carbons (Fsp3) is 0.500. The van der Waals surface area contributed by atoms with Gasteiger partial charge < -0.3 is 10.5 Å². The Morgan fingerprint density at radius 1 is 1.50 bits per heavy atom. The van der Waals surface area contributed by atoms with Crippen LogP contribution in [0.1, 0.15) is 29.9 Å². The van der Waals surface area contributed by atoms with Gasteiger partial charge in [-0.3, -0.25) is 0 Å². The number of rotatable bonds is 2. The predicted molar refractivity (Wildman–Crippen MR) is 57.7 cm³/mol. The molecule has 0 saturated carbocycles. The minimum atomic E-state index is 0.495. The second kappa shape index (κ2) is 4.01. The third-order valence-electron chi connectivity index (χ3n) is 3.07. The molecule has 76 valence electrons. The molecule has 0 aromatic heterocycles. The molecule has 14 heavy (non-hydrogen) atoms. The third-order valence-corrected chi connectivity index (χ3v) is 3.07. The van der Waals surface area contributed by atoms with Crippen molar-refractivity contribution in [1.82, 2.24) is 0 Å². The van der Waals surface area contributed by atoms with Crippen molar-refractivity contribution in [1.29, 1.82) is 0 Å². The Morgan fingerprint density at radius 2 is 2.36 bits per heavy atom. The van der Waals surface area contributed by atoms with E-state index in [-0.39, 0.29) is 0 Å². The van der Waals surface area contributed by atoms with Crippen molar-refractivity contribution in [2.24, 2.45) is 5.73 Å². The molecular weight excluding hydrogens is 174 g/mol. The molecular formula is C12H17NO. The van der Waals surface area contributed by atoms with E-state index in [0.29, 0.717) is 5.92 Å². The molecule has 1 aliphatic carbocycles. The van der Waals surface area contributed by atoms with Crippen LogP contribution in [-0.2, 0) is 6.42 Å². The van der Waals surface area contributed by atoms with Crippen molar-refractivity contribution < 1.29 is 4.74 Å². The lowest BCUT2D eigenvalue weighted by Gasteiger charge is -2.26. The van der Waals surface area contributed by atoms with Gasteiger partial charge in [0.05, 0.1) is 7.11 Å². The highest BCUT2D eigenvalue weighted by molar-refractivity contribution is 5.44. The van der Waals surface area contributed by atoms with Crippen LogP contribution < -0.4 is 10.5 Å². The highest BCUT2D eigenvalue weighted by atomic mass is 16.5. The average Bonchev–Trinajstić information content (AvgIpc) is 2.27. The first-order valence-corrected chi connectivity index (χ1v) is 5.22. The summed E-state index contributed by atoms with van der Waals surface area (Å²) in [6.07, 6.45) is 3.62. The fourth-order valence-electron chi connectivity index (χ4n) is 2.37. The number of hydrogen-bond acceptors (Lipinski definition) is 2. The molecule has 2 N–H and O–H groups in total. The van der Waals surface area contributed by atoms with E-state index in [1.54, 1.807) is 7.11 Å². The Morgan fingerprint density at radius 3 is 3.07 bits per heavy atom. The summed E-state index contributed by atoms with van der Waals surface area (Å²) in [5.74, 6) is 1.51. The van der Waals surface area contributed by atoms with Crippen molar-refractivity contribution in [2.45, 2.75) is 25.2 Å². The van der Waals surface area contributed by atoms with Crippen LogP contribution in [0.5, 0.6) is 5.75 Å². The zero-order valence-corrected chi connectivity index (χ0v) is 8.62. The molecule has 0 bridgehead atoms. The topological polar surface area (TPSA) is 35.2 Å². The zero-order valence-electron chi connectivity index (χ0n) is 8.62. The lowest BCUT2D eigenvalue weighted by molar-refractivity contribution is 0.398. The van der Waals surface area contributed by atoms with Crippen LogP contribution in [0, 0.1) is 0 Å². The summed E-state index contributed by atoms with van der Waals surface area (Å²) in [5, 5.41) is 0. The van der Waals surface area contributed by atoms with Crippen LogP contribution in [0.3, 0.4) is 0 Å². The van der Waals surface area contributed by atoms with Gasteiger partial charge in [0.2, 0.25) is 0 Å². The smallest absolute Gasteiger partial charge is 0.122 e. The van der Waals surface area contributed by atoms with Crippen molar-refractivity contribution in [3.05, 3.63) is 29.3 Å². The van der Waals surface area contributed by atoms with Gasteiger partial charge in [0.15, 0.2) is 0 Å². The SMILES string of the molecule is COc1cccc2c1C(CN)CCC2. The Bertz CT molecular complexity index is 308. The summed E-state index contributed by atoms with van der Waals surface area (Å²) in [5.41, 5.74) is 8.56. The molecule has 0 aliphatic heterocycles. The van der Waals surface area contributed by atoms with E-state index in [9.17, 15) is 0 Å². The first kappa shape index (κ1) is 9.53. The van der Waals surface area contributed by atoms with Crippen LogP contribution >= 0.6 is 0 Å². The van der Waals surface area contributed by atoms with Gasteiger partial charge in [-0.05, 0) is 37.4 Å². The summed E-state index contributed by atoms with van der Waals surface area (Å²) in [6.45, 7) is 0.730. The molecule has 2 rings (SSSR count). The number of aryl methyl sites for hydroxylation is 1. The molecule has 0 saturated heterocycles. The van der Waals surface area contributed by atoms with Gasteiger partial charge in [0.25, 0.3) is 0 Å². The van der Waals surface area contributed by atoms with E-state index in [4.69, 9.17) is 10.5 Å². The second-order valence-corrected chi connectivity index (χ2v) is 3.86. The molecule has 1 unspecified atom stereocenters. The summed E-state index contributed by atoms with van der Waals surface area (Å²) in [4.78, 5) is 0. The number of nitrogens with two attached hydrogens (primary N) is 1. The van der Waals surface area contributed by atoms with E-state index < -0.39 is 0 Å². The molecule has 1 atom stereocenters. The molecule has 0 heterocycles. The highest BCUT2D eigenvalue weighted by Gasteiger charge is 2.22. The molecule has 2 heteroatoms. The number of benzene rings is 1. The normalized spacial score (nSPS) is 20.3. The number of ether oxygens (including phenoxy) is 1. The molecule has 1 aliphatic rings. The van der Waals surface area contributed by atoms with Gasteiger partial charge >= 0.3 is 0 Å². The molecule has 1 aromatic carbocycles. The van der Waals surface area contributed by atoms with Crippen molar-refractivity contribution in [2.75, 3.05) is 13.7 Å².